The maximum atomic E-state index is 12.4. The van der Waals surface area contributed by atoms with Crippen LogP contribution in [0.15, 0.2) is 42.5 Å². The average Bonchev–Trinajstić information content (AvgIpc) is 3.16. The summed E-state index contributed by atoms with van der Waals surface area (Å²) in [7, 11) is 2.99. The Hall–Kier alpha value is -3.75. The molecule has 3 rings (SSSR count). The number of hydrogen-bond donors (Lipinski definition) is 1. The Labute approximate surface area is 198 Å². The van der Waals surface area contributed by atoms with Crippen molar-refractivity contribution in [1.29, 1.82) is 0 Å². The number of ether oxygens (including phenoxy) is 4. The van der Waals surface area contributed by atoms with Crippen molar-refractivity contribution >= 4 is 23.5 Å². The number of likely N-dealkylation sites (tertiary alicyclic amines) is 1. The third-order valence-electron chi connectivity index (χ3n) is 5.42. The van der Waals surface area contributed by atoms with Gasteiger partial charge >= 0.3 is 5.97 Å². The van der Waals surface area contributed by atoms with E-state index in [0.29, 0.717) is 30.3 Å². The van der Waals surface area contributed by atoms with E-state index in [2.05, 4.69) is 5.32 Å². The molecule has 0 atom stereocenters. The second kappa shape index (κ2) is 12.5. The molecule has 1 heterocycles. The highest BCUT2D eigenvalue weighted by Crippen LogP contribution is 2.28. The lowest BCUT2D eigenvalue weighted by atomic mass is 10.2. The predicted molar refractivity (Wildman–Crippen MR) is 125 cm³/mol. The Kier molecular flexibility index (Phi) is 9.13. The topological polar surface area (TPSA) is 103 Å². The molecule has 34 heavy (non-hydrogen) atoms. The molecule has 182 valence electrons. The molecule has 0 saturated carbocycles. The summed E-state index contributed by atoms with van der Waals surface area (Å²) in [5, 5.41) is 2.72. The number of benzene rings is 2. The zero-order valence-electron chi connectivity index (χ0n) is 19.5. The van der Waals surface area contributed by atoms with Gasteiger partial charge in [0.15, 0.2) is 24.7 Å². The molecule has 0 unspecified atom stereocenters. The van der Waals surface area contributed by atoms with E-state index in [1.54, 1.807) is 36.3 Å². The van der Waals surface area contributed by atoms with Gasteiger partial charge in [-0.25, -0.2) is 4.79 Å². The minimum atomic E-state index is -0.634. The molecule has 9 heteroatoms. The Morgan fingerprint density at radius 1 is 0.853 bits per heavy atom. The van der Waals surface area contributed by atoms with Crippen LogP contribution in [0.3, 0.4) is 0 Å². The number of nitrogens with one attached hydrogen (secondary N) is 1. The number of hydrogen-bond acceptors (Lipinski definition) is 7. The van der Waals surface area contributed by atoms with Gasteiger partial charge < -0.3 is 29.2 Å². The predicted octanol–water partition coefficient (Wildman–Crippen LogP) is 3.28. The first kappa shape index (κ1) is 24.9. The van der Waals surface area contributed by atoms with Crippen LogP contribution in [0.1, 0.15) is 36.0 Å². The lowest BCUT2D eigenvalue weighted by molar-refractivity contribution is -0.134. The third-order valence-corrected chi connectivity index (χ3v) is 5.42. The number of nitrogens with zero attached hydrogens (tertiary/aromatic N) is 1. The minimum absolute atomic E-state index is 0.190. The highest BCUT2D eigenvalue weighted by Gasteiger charge is 2.19. The van der Waals surface area contributed by atoms with Gasteiger partial charge in [-0.3, -0.25) is 9.59 Å². The first-order valence-corrected chi connectivity index (χ1v) is 11.2. The van der Waals surface area contributed by atoms with Crippen LogP contribution >= 0.6 is 0 Å². The van der Waals surface area contributed by atoms with Gasteiger partial charge in [0.1, 0.15) is 5.75 Å². The zero-order chi connectivity index (χ0) is 24.3. The van der Waals surface area contributed by atoms with E-state index in [9.17, 15) is 14.4 Å². The van der Waals surface area contributed by atoms with Crippen LogP contribution in [0.5, 0.6) is 17.2 Å². The van der Waals surface area contributed by atoms with Gasteiger partial charge in [-0.15, -0.1) is 0 Å². The number of methoxy groups -OCH3 is 2. The summed E-state index contributed by atoms with van der Waals surface area (Å²) in [4.78, 5) is 38.7. The van der Waals surface area contributed by atoms with Crippen molar-refractivity contribution < 1.29 is 33.3 Å². The number of esters is 1. The molecule has 1 aliphatic rings. The van der Waals surface area contributed by atoms with Crippen molar-refractivity contribution in [3.8, 4) is 17.2 Å². The largest absolute Gasteiger partial charge is 0.497 e. The fourth-order valence-electron chi connectivity index (χ4n) is 3.55. The molecular weight excluding hydrogens is 440 g/mol. The summed E-state index contributed by atoms with van der Waals surface area (Å²) in [5.74, 6) is 0.0667. The molecule has 2 aromatic rings. The van der Waals surface area contributed by atoms with Crippen LogP contribution in [-0.2, 0) is 14.3 Å². The Balaban J connectivity index is 1.51. The van der Waals surface area contributed by atoms with E-state index in [1.165, 1.54) is 25.3 Å². The smallest absolute Gasteiger partial charge is 0.338 e. The maximum Gasteiger partial charge on any atom is 0.338 e. The molecule has 1 saturated heterocycles. The maximum absolute atomic E-state index is 12.4. The highest BCUT2D eigenvalue weighted by atomic mass is 16.5. The summed E-state index contributed by atoms with van der Waals surface area (Å²) < 4.78 is 21.1. The fourth-order valence-corrected chi connectivity index (χ4v) is 3.55. The first-order chi connectivity index (χ1) is 16.5. The van der Waals surface area contributed by atoms with Crippen LogP contribution < -0.4 is 19.5 Å². The van der Waals surface area contributed by atoms with Gasteiger partial charge in [-0.1, -0.05) is 12.8 Å². The summed E-state index contributed by atoms with van der Waals surface area (Å²) in [6, 6.07) is 11.4. The number of carbonyl (C=O) groups excluding carboxylic acids is 3. The monoisotopic (exact) mass is 470 g/mol. The third kappa shape index (κ3) is 7.13. The lowest BCUT2D eigenvalue weighted by Gasteiger charge is -2.20. The molecule has 9 nitrogen and oxygen atoms in total. The van der Waals surface area contributed by atoms with Crippen molar-refractivity contribution in [2.24, 2.45) is 0 Å². The summed E-state index contributed by atoms with van der Waals surface area (Å²) >= 11 is 0. The Bertz CT molecular complexity index is 983. The zero-order valence-corrected chi connectivity index (χ0v) is 19.5. The molecule has 2 amide bonds. The average molecular weight is 471 g/mol. The second-order valence-corrected chi connectivity index (χ2v) is 7.80. The molecule has 2 aromatic carbocycles. The van der Waals surface area contributed by atoms with Crippen molar-refractivity contribution in [1.82, 2.24) is 4.90 Å². The molecule has 0 aromatic heterocycles. The lowest BCUT2D eigenvalue weighted by Crippen LogP contribution is -2.35. The van der Waals surface area contributed by atoms with Crippen molar-refractivity contribution in [2.45, 2.75) is 25.7 Å². The quantitative estimate of drug-likeness (QED) is 0.561. The van der Waals surface area contributed by atoms with Crippen molar-refractivity contribution in [3.05, 3.63) is 48.0 Å². The van der Waals surface area contributed by atoms with Gasteiger partial charge in [-0.05, 0) is 55.3 Å². The molecule has 1 fully saturated rings. The Morgan fingerprint density at radius 3 is 2.21 bits per heavy atom. The van der Waals surface area contributed by atoms with E-state index < -0.39 is 5.97 Å². The molecular formula is C25H30N2O7. The normalized spacial score (nSPS) is 13.4. The van der Waals surface area contributed by atoms with E-state index in [-0.39, 0.29) is 36.3 Å². The summed E-state index contributed by atoms with van der Waals surface area (Å²) in [5.41, 5.74) is 0.824. The molecule has 1 N–H and O–H groups in total. The number of carbonyl (C=O) groups is 3. The summed E-state index contributed by atoms with van der Waals surface area (Å²) in [6.45, 7) is 0.839. The van der Waals surface area contributed by atoms with Gasteiger partial charge in [0, 0.05) is 18.8 Å². The standard InChI is InChI=1S/C25H30N2O7/c1-31-20-10-8-19(9-11-20)26-23(28)16-33-21-12-7-18(15-22(21)32-2)25(30)34-17-24(29)27-13-5-3-4-6-14-27/h7-12,15H,3-6,13-14,16-17H2,1-2H3,(H,26,28). The van der Waals surface area contributed by atoms with Crippen LogP contribution in [0.25, 0.3) is 0 Å². The van der Waals surface area contributed by atoms with Crippen LogP contribution in [0, 0.1) is 0 Å². The van der Waals surface area contributed by atoms with E-state index in [0.717, 1.165) is 25.7 Å². The fraction of sp³-hybridized carbons (Fsp3) is 0.400. The van der Waals surface area contributed by atoms with Crippen LogP contribution in [0.4, 0.5) is 5.69 Å². The first-order valence-electron chi connectivity index (χ1n) is 11.2. The molecule has 1 aliphatic heterocycles. The van der Waals surface area contributed by atoms with E-state index in [4.69, 9.17) is 18.9 Å². The van der Waals surface area contributed by atoms with E-state index >= 15 is 0 Å². The molecule has 0 aliphatic carbocycles. The number of rotatable bonds is 9. The molecule has 0 radical (unpaired) electrons. The van der Waals surface area contributed by atoms with Gasteiger partial charge in [0.05, 0.1) is 19.8 Å². The van der Waals surface area contributed by atoms with Gasteiger partial charge in [-0.2, -0.15) is 0 Å². The van der Waals surface area contributed by atoms with Gasteiger partial charge in [0.2, 0.25) is 0 Å². The SMILES string of the molecule is COc1ccc(NC(=O)COc2ccc(C(=O)OCC(=O)N3CCCCCC3)cc2OC)cc1. The van der Waals surface area contributed by atoms with Crippen LogP contribution in [0.2, 0.25) is 0 Å². The van der Waals surface area contributed by atoms with Gasteiger partial charge in [0.25, 0.3) is 11.8 Å². The molecule has 0 spiro atoms. The van der Waals surface area contributed by atoms with Crippen LogP contribution in [-0.4, -0.2) is 63.2 Å². The van der Waals surface area contributed by atoms with Crippen molar-refractivity contribution in [3.63, 3.8) is 0 Å². The number of amides is 2. The van der Waals surface area contributed by atoms with E-state index in [1.807, 2.05) is 0 Å². The summed E-state index contributed by atoms with van der Waals surface area (Å²) in [6.07, 6.45) is 4.16. The highest BCUT2D eigenvalue weighted by molar-refractivity contribution is 5.93. The molecule has 0 bridgehead atoms. The second-order valence-electron chi connectivity index (χ2n) is 7.80. The minimum Gasteiger partial charge on any atom is -0.497 e. The Morgan fingerprint density at radius 2 is 1.56 bits per heavy atom. The van der Waals surface area contributed by atoms with Crippen molar-refractivity contribution in [2.75, 3.05) is 45.8 Å². The number of anilines is 1.